The molecule has 0 radical (unpaired) electrons. The zero-order chi connectivity index (χ0) is 11.4. The highest BCUT2D eigenvalue weighted by atomic mass is 35.5. The predicted octanol–water partition coefficient (Wildman–Crippen LogP) is 3.33. The standard InChI is InChI=1S/C10H17ClF3N/c11-6-5-9(3-4-9)8-15-7-1-2-10(12,13)14/h15H,1-8H2. The molecule has 1 nitrogen and oxygen atoms in total. The third kappa shape index (κ3) is 5.61. The molecule has 0 bridgehead atoms. The van der Waals surface area contributed by atoms with Gasteiger partial charge in [0.15, 0.2) is 0 Å². The van der Waals surface area contributed by atoms with Crippen LogP contribution in [-0.2, 0) is 0 Å². The molecular formula is C10H17ClF3N. The van der Waals surface area contributed by atoms with Crippen molar-refractivity contribution in [2.45, 2.75) is 38.3 Å². The Kier molecular flexibility index (Phi) is 4.71. The highest BCUT2D eigenvalue weighted by Crippen LogP contribution is 2.48. The van der Waals surface area contributed by atoms with E-state index in [2.05, 4.69) is 5.32 Å². The molecule has 0 saturated heterocycles. The molecule has 1 saturated carbocycles. The lowest BCUT2D eigenvalue weighted by Gasteiger charge is -2.14. The van der Waals surface area contributed by atoms with Gasteiger partial charge in [-0.25, -0.2) is 0 Å². The Morgan fingerprint density at radius 2 is 1.93 bits per heavy atom. The van der Waals surface area contributed by atoms with Gasteiger partial charge in [-0.15, -0.1) is 11.6 Å². The van der Waals surface area contributed by atoms with Crippen LogP contribution in [0.3, 0.4) is 0 Å². The van der Waals surface area contributed by atoms with Gasteiger partial charge >= 0.3 is 6.18 Å². The van der Waals surface area contributed by atoms with Crippen molar-refractivity contribution in [3.63, 3.8) is 0 Å². The Morgan fingerprint density at radius 1 is 1.27 bits per heavy atom. The summed E-state index contributed by atoms with van der Waals surface area (Å²) in [6.45, 7) is 1.27. The van der Waals surface area contributed by atoms with Crippen molar-refractivity contribution < 1.29 is 13.2 Å². The molecule has 0 aliphatic heterocycles. The van der Waals surface area contributed by atoms with Crippen LogP contribution in [0.25, 0.3) is 0 Å². The highest BCUT2D eigenvalue weighted by Gasteiger charge is 2.41. The summed E-state index contributed by atoms with van der Waals surface area (Å²) >= 11 is 5.65. The number of rotatable bonds is 7. The third-order valence-electron chi connectivity index (χ3n) is 2.90. The lowest BCUT2D eigenvalue weighted by molar-refractivity contribution is -0.135. The molecule has 5 heteroatoms. The minimum Gasteiger partial charge on any atom is -0.316 e. The third-order valence-corrected chi connectivity index (χ3v) is 3.08. The van der Waals surface area contributed by atoms with Gasteiger partial charge in [0, 0.05) is 18.8 Å². The van der Waals surface area contributed by atoms with Crippen molar-refractivity contribution in [3.05, 3.63) is 0 Å². The second kappa shape index (κ2) is 5.39. The fourth-order valence-electron chi connectivity index (χ4n) is 1.66. The Labute approximate surface area is 93.4 Å². The Hall–Kier alpha value is 0.0400. The van der Waals surface area contributed by atoms with Gasteiger partial charge in [-0.05, 0) is 37.6 Å². The van der Waals surface area contributed by atoms with E-state index in [0.717, 1.165) is 25.8 Å². The van der Waals surface area contributed by atoms with Crippen LogP contribution >= 0.6 is 11.6 Å². The quantitative estimate of drug-likeness (QED) is 0.534. The number of halogens is 4. The van der Waals surface area contributed by atoms with Gasteiger partial charge in [0.2, 0.25) is 0 Å². The maximum absolute atomic E-state index is 11.8. The first-order valence-electron chi connectivity index (χ1n) is 5.31. The van der Waals surface area contributed by atoms with Crippen LogP contribution < -0.4 is 5.32 Å². The van der Waals surface area contributed by atoms with Crippen LogP contribution in [0, 0.1) is 5.41 Å². The van der Waals surface area contributed by atoms with Crippen LogP contribution in [0.15, 0.2) is 0 Å². The van der Waals surface area contributed by atoms with Crippen molar-refractivity contribution >= 4 is 11.6 Å². The van der Waals surface area contributed by atoms with Gasteiger partial charge in [-0.3, -0.25) is 0 Å². The van der Waals surface area contributed by atoms with Crippen LogP contribution in [0.1, 0.15) is 32.1 Å². The van der Waals surface area contributed by atoms with E-state index in [-0.39, 0.29) is 6.42 Å². The van der Waals surface area contributed by atoms with Crippen molar-refractivity contribution in [3.8, 4) is 0 Å². The minimum atomic E-state index is -4.02. The number of alkyl halides is 4. The summed E-state index contributed by atoms with van der Waals surface area (Å²) in [5.41, 5.74) is 0.306. The fourth-order valence-corrected chi connectivity index (χ4v) is 2.06. The Bertz CT molecular complexity index is 190. The van der Waals surface area contributed by atoms with E-state index >= 15 is 0 Å². The van der Waals surface area contributed by atoms with Crippen LogP contribution in [0.5, 0.6) is 0 Å². The molecule has 15 heavy (non-hydrogen) atoms. The molecule has 1 aliphatic carbocycles. The van der Waals surface area contributed by atoms with Gasteiger partial charge in [-0.1, -0.05) is 0 Å². The minimum absolute atomic E-state index is 0.167. The molecule has 0 heterocycles. The molecule has 0 aromatic heterocycles. The van der Waals surface area contributed by atoms with Crippen LogP contribution in [0.2, 0.25) is 0 Å². The van der Waals surface area contributed by atoms with E-state index in [1.807, 2.05) is 0 Å². The average molecular weight is 244 g/mol. The molecule has 0 amide bonds. The fraction of sp³-hybridized carbons (Fsp3) is 1.00. The van der Waals surface area contributed by atoms with Crippen LogP contribution in [0.4, 0.5) is 13.2 Å². The molecule has 1 N–H and O–H groups in total. The van der Waals surface area contributed by atoms with E-state index in [1.165, 1.54) is 0 Å². The monoisotopic (exact) mass is 243 g/mol. The lowest BCUT2D eigenvalue weighted by atomic mass is 10.0. The summed E-state index contributed by atoms with van der Waals surface area (Å²) < 4.78 is 35.4. The summed E-state index contributed by atoms with van der Waals surface area (Å²) in [6.07, 6.45) is -1.25. The number of hydrogen-bond acceptors (Lipinski definition) is 1. The predicted molar refractivity (Wildman–Crippen MR) is 55.2 cm³/mol. The molecule has 0 atom stereocenters. The van der Waals surface area contributed by atoms with E-state index in [4.69, 9.17) is 11.6 Å². The first-order chi connectivity index (χ1) is 6.97. The number of nitrogens with one attached hydrogen (secondary N) is 1. The van der Waals surface area contributed by atoms with Crippen LogP contribution in [-0.4, -0.2) is 25.1 Å². The maximum Gasteiger partial charge on any atom is 0.389 e. The van der Waals surface area contributed by atoms with E-state index < -0.39 is 12.6 Å². The summed E-state index contributed by atoms with van der Waals surface area (Å²) in [5, 5.41) is 3.09. The zero-order valence-electron chi connectivity index (χ0n) is 8.67. The Balaban J connectivity index is 1.98. The summed E-state index contributed by atoms with van der Waals surface area (Å²) in [5.74, 6) is 0.643. The molecule has 1 aliphatic rings. The summed E-state index contributed by atoms with van der Waals surface area (Å²) in [7, 11) is 0. The van der Waals surface area contributed by atoms with E-state index in [9.17, 15) is 13.2 Å². The summed E-state index contributed by atoms with van der Waals surface area (Å²) in [6, 6.07) is 0. The highest BCUT2D eigenvalue weighted by molar-refractivity contribution is 6.17. The number of hydrogen-bond donors (Lipinski definition) is 1. The molecule has 1 fully saturated rings. The van der Waals surface area contributed by atoms with Gasteiger partial charge in [0.25, 0.3) is 0 Å². The SMILES string of the molecule is FC(F)(F)CCCNCC1(CCCl)CC1. The van der Waals surface area contributed by atoms with Crippen molar-refractivity contribution in [1.29, 1.82) is 0 Å². The largest absolute Gasteiger partial charge is 0.389 e. The lowest BCUT2D eigenvalue weighted by Crippen LogP contribution is -2.26. The molecule has 0 aromatic rings. The van der Waals surface area contributed by atoms with Crippen molar-refractivity contribution in [2.24, 2.45) is 5.41 Å². The van der Waals surface area contributed by atoms with Crippen molar-refractivity contribution in [1.82, 2.24) is 5.32 Å². The topological polar surface area (TPSA) is 12.0 Å². The maximum atomic E-state index is 11.8. The average Bonchev–Trinajstić information content (AvgIpc) is 2.83. The molecule has 0 unspecified atom stereocenters. The van der Waals surface area contributed by atoms with E-state index in [0.29, 0.717) is 17.8 Å². The smallest absolute Gasteiger partial charge is 0.316 e. The molecule has 0 aromatic carbocycles. The molecule has 90 valence electrons. The zero-order valence-corrected chi connectivity index (χ0v) is 9.42. The van der Waals surface area contributed by atoms with E-state index in [1.54, 1.807) is 0 Å². The first-order valence-corrected chi connectivity index (χ1v) is 5.84. The van der Waals surface area contributed by atoms with Crippen molar-refractivity contribution in [2.75, 3.05) is 19.0 Å². The normalized spacial score (nSPS) is 19.2. The second-order valence-electron chi connectivity index (χ2n) is 4.33. The Morgan fingerprint density at radius 3 is 2.40 bits per heavy atom. The van der Waals surface area contributed by atoms with Gasteiger partial charge in [0.1, 0.15) is 0 Å². The second-order valence-corrected chi connectivity index (χ2v) is 4.71. The van der Waals surface area contributed by atoms with Gasteiger partial charge in [-0.2, -0.15) is 13.2 Å². The van der Waals surface area contributed by atoms with Gasteiger partial charge in [0.05, 0.1) is 0 Å². The first kappa shape index (κ1) is 13.1. The molecule has 0 spiro atoms. The summed E-state index contributed by atoms with van der Waals surface area (Å²) in [4.78, 5) is 0. The molecule has 1 rings (SSSR count). The van der Waals surface area contributed by atoms with Gasteiger partial charge < -0.3 is 5.32 Å². The molecular weight excluding hydrogens is 227 g/mol.